The summed E-state index contributed by atoms with van der Waals surface area (Å²) in [6.07, 6.45) is 1.77. The normalized spacial score (nSPS) is 10.5. The van der Waals surface area contributed by atoms with Crippen LogP contribution >= 0.6 is 23.1 Å². The summed E-state index contributed by atoms with van der Waals surface area (Å²) in [5.74, 6) is 0. The second-order valence-corrected chi connectivity index (χ2v) is 5.95. The number of nitrogens with two attached hydrogens (primary N) is 1. The Morgan fingerprint density at radius 3 is 2.71 bits per heavy atom. The fourth-order valence-electron chi connectivity index (χ4n) is 1.09. The highest BCUT2D eigenvalue weighted by Crippen LogP contribution is 2.32. The van der Waals surface area contributed by atoms with Crippen LogP contribution in [0.4, 0.5) is 10.8 Å². The highest BCUT2D eigenvalue weighted by atomic mass is 32.2. The van der Waals surface area contributed by atoms with Gasteiger partial charge in [0, 0.05) is 26.0 Å². The van der Waals surface area contributed by atoms with Crippen molar-refractivity contribution >= 4 is 33.9 Å². The van der Waals surface area contributed by atoms with E-state index in [9.17, 15) is 0 Å². The third-order valence-corrected chi connectivity index (χ3v) is 4.16. The molecule has 17 heavy (non-hydrogen) atoms. The number of anilines is 2. The zero-order valence-corrected chi connectivity index (χ0v) is 11.5. The molecule has 0 aliphatic carbocycles. The van der Waals surface area contributed by atoms with E-state index < -0.39 is 0 Å². The van der Waals surface area contributed by atoms with E-state index in [2.05, 4.69) is 15.2 Å². The molecule has 2 heterocycles. The Bertz CT molecular complexity index is 523. The lowest BCUT2D eigenvalue weighted by Gasteiger charge is -2.04. The van der Waals surface area contributed by atoms with E-state index in [-0.39, 0.29) is 0 Å². The first-order chi connectivity index (χ1) is 8.06. The van der Waals surface area contributed by atoms with Gasteiger partial charge in [-0.05, 0) is 30.3 Å². The molecule has 5 nitrogen and oxygen atoms in total. The van der Waals surface area contributed by atoms with Crippen LogP contribution in [-0.4, -0.2) is 29.3 Å². The largest absolute Gasteiger partial charge is 0.398 e. The molecule has 2 rings (SSSR count). The summed E-state index contributed by atoms with van der Waals surface area (Å²) in [4.78, 5) is 6.23. The van der Waals surface area contributed by atoms with E-state index in [4.69, 9.17) is 5.73 Å². The first-order valence-electron chi connectivity index (χ1n) is 4.97. The zero-order valence-electron chi connectivity index (χ0n) is 9.84. The van der Waals surface area contributed by atoms with E-state index >= 15 is 0 Å². The highest BCUT2D eigenvalue weighted by molar-refractivity contribution is 8.01. The Morgan fingerprint density at radius 1 is 1.35 bits per heavy atom. The van der Waals surface area contributed by atoms with Gasteiger partial charge in [-0.2, -0.15) is 0 Å². The molecule has 0 fully saturated rings. The maximum Gasteiger partial charge on any atom is 0.208 e. The predicted molar refractivity (Wildman–Crippen MR) is 71.7 cm³/mol. The van der Waals surface area contributed by atoms with Crippen molar-refractivity contribution < 1.29 is 0 Å². The van der Waals surface area contributed by atoms with Crippen molar-refractivity contribution in [2.24, 2.45) is 0 Å². The SMILES string of the molecule is Cc1cnc(Sc2nnc(N(C)C)s2)cc1N. The van der Waals surface area contributed by atoms with Crippen LogP contribution in [0, 0.1) is 6.92 Å². The van der Waals surface area contributed by atoms with Crippen molar-refractivity contribution in [3.63, 3.8) is 0 Å². The van der Waals surface area contributed by atoms with Crippen molar-refractivity contribution in [3.05, 3.63) is 17.8 Å². The lowest BCUT2D eigenvalue weighted by Crippen LogP contribution is -2.07. The van der Waals surface area contributed by atoms with Crippen molar-refractivity contribution in [1.29, 1.82) is 0 Å². The van der Waals surface area contributed by atoms with Crippen LogP contribution < -0.4 is 10.6 Å². The Morgan fingerprint density at radius 2 is 2.12 bits per heavy atom. The molecule has 2 aromatic rings. The molecule has 7 heteroatoms. The monoisotopic (exact) mass is 267 g/mol. The van der Waals surface area contributed by atoms with Crippen LogP contribution in [0.2, 0.25) is 0 Å². The van der Waals surface area contributed by atoms with Crippen molar-refractivity contribution in [2.45, 2.75) is 16.3 Å². The van der Waals surface area contributed by atoms with Gasteiger partial charge in [0.1, 0.15) is 5.03 Å². The van der Waals surface area contributed by atoms with E-state index in [1.54, 1.807) is 6.20 Å². The molecule has 0 spiro atoms. The van der Waals surface area contributed by atoms with Crippen LogP contribution in [0.5, 0.6) is 0 Å². The van der Waals surface area contributed by atoms with Gasteiger partial charge >= 0.3 is 0 Å². The first kappa shape index (κ1) is 12.1. The highest BCUT2D eigenvalue weighted by Gasteiger charge is 2.08. The molecule has 0 radical (unpaired) electrons. The minimum Gasteiger partial charge on any atom is -0.398 e. The molecular weight excluding hydrogens is 254 g/mol. The third kappa shape index (κ3) is 2.86. The second kappa shape index (κ2) is 4.89. The van der Waals surface area contributed by atoms with Gasteiger partial charge in [0.25, 0.3) is 0 Å². The summed E-state index contributed by atoms with van der Waals surface area (Å²) < 4.78 is 0.865. The van der Waals surface area contributed by atoms with Gasteiger partial charge in [0.2, 0.25) is 5.13 Å². The summed E-state index contributed by atoms with van der Waals surface area (Å²) in [6, 6.07) is 1.86. The molecule has 0 atom stereocenters. The van der Waals surface area contributed by atoms with Gasteiger partial charge in [-0.25, -0.2) is 4.98 Å². The fraction of sp³-hybridized carbons (Fsp3) is 0.300. The third-order valence-electron chi connectivity index (χ3n) is 2.09. The van der Waals surface area contributed by atoms with E-state index in [0.717, 1.165) is 25.7 Å². The number of aromatic nitrogens is 3. The Hall–Kier alpha value is -1.34. The molecule has 0 amide bonds. The summed E-state index contributed by atoms with van der Waals surface area (Å²) in [6.45, 7) is 1.94. The number of hydrogen-bond donors (Lipinski definition) is 1. The molecule has 0 bridgehead atoms. The number of nitrogens with zero attached hydrogens (tertiary/aromatic N) is 4. The van der Waals surface area contributed by atoms with Gasteiger partial charge in [0.05, 0.1) is 0 Å². The van der Waals surface area contributed by atoms with Gasteiger partial charge in [-0.15, -0.1) is 10.2 Å². The van der Waals surface area contributed by atoms with Crippen LogP contribution in [0.15, 0.2) is 21.6 Å². The van der Waals surface area contributed by atoms with Gasteiger partial charge < -0.3 is 10.6 Å². The first-order valence-corrected chi connectivity index (χ1v) is 6.60. The van der Waals surface area contributed by atoms with Gasteiger partial charge in [-0.1, -0.05) is 11.3 Å². The molecule has 0 saturated heterocycles. The minimum absolute atomic E-state index is 0.750. The average Bonchev–Trinajstić information content (AvgIpc) is 2.72. The number of hydrogen-bond acceptors (Lipinski definition) is 7. The van der Waals surface area contributed by atoms with Crippen molar-refractivity contribution in [1.82, 2.24) is 15.2 Å². The average molecular weight is 267 g/mol. The zero-order chi connectivity index (χ0) is 12.4. The molecular formula is C10H13N5S2. The van der Waals surface area contributed by atoms with Crippen molar-refractivity contribution in [3.8, 4) is 0 Å². The predicted octanol–water partition coefficient (Wildman–Crippen LogP) is 2.04. The summed E-state index contributed by atoms with van der Waals surface area (Å²) in [7, 11) is 3.88. The summed E-state index contributed by atoms with van der Waals surface area (Å²) in [5.41, 5.74) is 7.57. The van der Waals surface area contributed by atoms with Crippen molar-refractivity contribution in [2.75, 3.05) is 24.7 Å². The Labute approximate surface area is 108 Å². The van der Waals surface area contributed by atoms with E-state index in [0.29, 0.717) is 0 Å². The molecule has 0 unspecified atom stereocenters. The second-order valence-electron chi connectivity index (χ2n) is 3.73. The molecule has 90 valence electrons. The standard InChI is InChI=1S/C10H13N5S2/c1-6-5-12-8(4-7(6)11)16-10-14-13-9(17-10)15(2)3/h4-5H,1-3H3,(H2,11,12). The van der Waals surface area contributed by atoms with Gasteiger partial charge in [0.15, 0.2) is 4.34 Å². The summed E-state index contributed by atoms with van der Waals surface area (Å²) >= 11 is 3.01. The van der Waals surface area contributed by atoms with Gasteiger partial charge in [-0.3, -0.25) is 0 Å². The Kier molecular flexibility index (Phi) is 3.49. The minimum atomic E-state index is 0.750. The quantitative estimate of drug-likeness (QED) is 0.918. The van der Waals surface area contributed by atoms with E-state index in [1.807, 2.05) is 32.0 Å². The molecule has 2 N–H and O–H groups in total. The molecule has 0 saturated carbocycles. The van der Waals surface area contributed by atoms with Crippen LogP contribution in [-0.2, 0) is 0 Å². The van der Waals surface area contributed by atoms with Crippen LogP contribution in [0.3, 0.4) is 0 Å². The maximum absolute atomic E-state index is 5.83. The fourth-order valence-corrected chi connectivity index (χ4v) is 2.79. The van der Waals surface area contributed by atoms with Crippen LogP contribution in [0.1, 0.15) is 5.56 Å². The molecule has 0 aromatic carbocycles. The number of nitrogen functional groups attached to an aromatic ring is 1. The number of pyridine rings is 1. The van der Waals surface area contributed by atoms with Crippen LogP contribution in [0.25, 0.3) is 0 Å². The molecule has 0 aliphatic heterocycles. The lowest BCUT2D eigenvalue weighted by molar-refractivity contribution is 0.970. The summed E-state index contributed by atoms with van der Waals surface area (Å²) in [5, 5.41) is 9.88. The lowest BCUT2D eigenvalue weighted by atomic mass is 10.3. The molecule has 0 aliphatic rings. The smallest absolute Gasteiger partial charge is 0.208 e. The topological polar surface area (TPSA) is 67.9 Å². The number of rotatable bonds is 3. The number of aryl methyl sites for hydroxylation is 1. The maximum atomic E-state index is 5.83. The molecule has 2 aromatic heterocycles. The Balaban J connectivity index is 2.16. The van der Waals surface area contributed by atoms with E-state index in [1.165, 1.54) is 23.1 Å².